The highest BCUT2D eigenvalue weighted by atomic mass is 16.5. The van der Waals surface area contributed by atoms with Crippen molar-refractivity contribution < 1.29 is 14.3 Å². The predicted octanol–water partition coefficient (Wildman–Crippen LogP) is 0.261. The van der Waals surface area contributed by atoms with Crippen LogP contribution in [0.1, 0.15) is 10.4 Å². The summed E-state index contributed by atoms with van der Waals surface area (Å²) in [7, 11) is 1.52. The van der Waals surface area contributed by atoms with Crippen LogP contribution in [0.4, 0.5) is 0 Å². The zero-order chi connectivity index (χ0) is 18.5. The molecule has 0 fully saturated rings. The van der Waals surface area contributed by atoms with Crippen LogP contribution in [0.15, 0.2) is 53.3 Å². The highest BCUT2D eigenvalue weighted by molar-refractivity contribution is 5.95. The van der Waals surface area contributed by atoms with E-state index in [0.29, 0.717) is 22.2 Å². The van der Waals surface area contributed by atoms with Crippen LogP contribution in [-0.4, -0.2) is 33.9 Å². The van der Waals surface area contributed by atoms with Crippen LogP contribution in [0.5, 0.6) is 5.75 Å². The number of nitrogens with zero attached hydrogens (tertiary/aromatic N) is 3. The molecule has 0 atom stereocenters. The first kappa shape index (κ1) is 17.1. The number of methoxy groups -OCH3 is 1. The molecule has 3 rings (SSSR count). The smallest absolute Gasteiger partial charge is 0.278 e. The van der Waals surface area contributed by atoms with E-state index in [2.05, 4.69) is 21.2 Å². The van der Waals surface area contributed by atoms with Crippen molar-refractivity contribution in [1.29, 1.82) is 0 Å². The van der Waals surface area contributed by atoms with E-state index >= 15 is 0 Å². The average Bonchev–Trinajstić information content (AvgIpc) is 2.68. The fourth-order valence-corrected chi connectivity index (χ4v) is 2.24. The Morgan fingerprint density at radius 3 is 2.54 bits per heavy atom. The molecule has 0 saturated carbocycles. The molecular formula is C17H15N5O4. The van der Waals surface area contributed by atoms with Crippen LogP contribution >= 0.6 is 0 Å². The van der Waals surface area contributed by atoms with E-state index in [4.69, 9.17) is 4.74 Å². The fourth-order valence-electron chi connectivity index (χ4n) is 2.24. The number of ether oxygens (including phenoxy) is 1. The van der Waals surface area contributed by atoms with Gasteiger partial charge in [0.05, 0.1) is 12.5 Å². The van der Waals surface area contributed by atoms with E-state index in [-0.39, 0.29) is 6.54 Å². The Kier molecular flexibility index (Phi) is 4.88. The fraction of sp³-hybridized carbons (Fsp3) is 0.118. The second-order valence-electron chi connectivity index (χ2n) is 5.30. The first-order valence-corrected chi connectivity index (χ1v) is 7.64. The summed E-state index contributed by atoms with van der Waals surface area (Å²) in [4.78, 5) is 36.2. The minimum Gasteiger partial charge on any atom is -0.497 e. The SMILES string of the molecule is COc1ccc(C(=O)NNC(=O)Cn2nnc3ccccc3c2=O)cc1. The van der Waals surface area contributed by atoms with Crippen molar-refractivity contribution in [2.24, 2.45) is 0 Å². The molecule has 0 aliphatic heterocycles. The summed E-state index contributed by atoms with van der Waals surface area (Å²) in [5.74, 6) is -0.503. The molecular weight excluding hydrogens is 338 g/mol. The summed E-state index contributed by atoms with van der Waals surface area (Å²) in [6.45, 7) is -0.375. The zero-order valence-corrected chi connectivity index (χ0v) is 13.8. The lowest BCUT2D eigenvalue weighted by molar-refractivity contribution is -0.122. The van der Waals surface area contributed by atoms with Crippen LogP contribution in [-0.2, 0) is 11.3 Å². The third-order valence-electron chi connectivity index (χ3n) is 3.59. The molecule has 0 unspecified atom stereocenters. The summed E-state index contributed by atoms with van der Waals surface area (Å²) >= 11 is 0. The lowest BCUT2D eigenvalue weighted by atomic mass is 10.2. The van der Waals surface area contributed by atoms with Crippen LogP contribution in [0.3, 0.4) is 0 Å². The van der Waals surface area contributed by atoms with Crippen LogP contribution < -0.4 is 21.1 Å². The molecule has 0 spiro atoms. The number of amides is 2. The number of hydrazine groups is 1. The Balaban J connectivity index is 1.63. The van der Waals surface area contributed by atoms with Crippen LogP contribution in [0.25, 0.3) is 10.9 Å². The predicted molar refractivity (Wildman–Crippen MR) is 92.4 cm³/mol. The first-order valence-electron chi connectivity index (χ1n) is 7.64. The summed E-state index contributed by atoms with van der Waals surface area (Å²) in [5.41, 5.74) is 4.86. The second kappa shape index (κ2) is 7.43. The van der Waals surface area contributed by atoms with Crippen molar-refractivity contribution in [2.75, 3.05) is 7.11 Å². The van der Waals surface area contributed by atoms with Gasteiger partial charge in [-0.3, -0.25) is 25.2 Å². The van der Waals surface area contributed by atoms with Crippen molar-refractivity contribution in [2.45, 2.75) is 6.54 Å². The summed E-state index contributed by atoms with van der Waals surface area (Å²) < 4.78 is 5.94. The van der Waals surface area contributed by atoms with E-state index in [1.165, 1.54) is 7.11 Å². The standard InChI is InChI=1S/C17H15N5O4/c1-26-12-8-6-11(7-9-12)16(24)20-19-15(23)10-22-17(25)13-4-2-3-5-14(13)18-21-22/h2-9H,10H2,1H3,(H,19,23)(H,20,24). The molecule has 3 aromatic rings. The van der Waals surface area contributed by atoms with E-state index in [1.54, 1.807) is 48.5 Å². The molecule has 9 nitrogen and oxygen atoms in total. The number of hydrogen-bond donors (Lipinski definition) is 2. The van der Waals surface area contributed by atoms with Gasteiger partial charge in [0, 0.05) is 5.56 Å². The summed E-state index contributed by atoms with van der Waals surface area (Å²) in [6, 6.07) is 13.1. The maximum Gasteiger partial charge on any atom is 0.278 e. The largest absolute Gasteiger partial charge is 0.497 e. The van der Waals surface area contributed by atoms with Gasteiger partial charge in [-0.05, 0) is 36.4 Å². The Morgan fingerprint density at radius 2 is 1.81 bits per heavy atom. The lowest BCUT2D eigenvalue weighted by Gasteiger charge is -2.08. The number of benzene rings is 2. The van der Waals surface area contributed by atoms with Gasteiger partial charge in [-0.15, -0.1) is 5.10 Å². The Hall–Kier alpha value is -3.75. The number of carbonyl (C=O) groups is 2. The molecule has 0 aliphatic carbocycles. The first-order chi connectivity index (χ1) is 12.6. The maximum absolute atomic E-state index is 12.3. The van der Waals surface area contributed by atoms with E-state index in [9.17, 15) is 14.4 Å². The molecule has 0 bridgehead atoms. The van der Waals surface area contributed by atoms with Gasteiger partial charge in [-0.25, -0.2) is 4.68 Å². The van der Waals surface area contributed by atoms with Gasteiger partial charge in [0.2, 0.25) is 0 Å². The normalized spacial score (nSPS) is 10.3. The highest BCUT2D eigenvalue weighted by Gasteiger charge is 2.11. The number of hydrogen-bond acceptors (Lipinski definition) is 6. The van der Waals surface area contributed by atoms with Crippen molar-refractivity contribution in [3.63, 3.8) is 0 Å². The number of nitrogens with one attached hydrogen (secondary N) is 2. The molecule has 1 aromatic heterocycles. The van der Waals surface area contributed by atoms with Crippen molar-refractivity contribution in [3.05, 3.63) is 64.4 Å². The Morgan fingerprint density at radius 1 is 1.08 bits per heavy atom. The quantitative estimate of drug-likeness (QED) is 0.650. The summed E-state index contributed by atoms with van der Waals surface area (Å²) in [5, 5.41) is 7.96. The molecule has 1 heterocycles. The van der Waals surface area contributed by atoms with E-state index < -0.39 is 17.4 Å². The third-order valence-corrected chi connectivity index (χ3v) is 3.59. The molecule has 132 valence electrons. The highest BCUT2D eigenvalue weighted by Crippen LogP contribution is 2.10. The van der Waals surface area contributed by atoms with Gasteiger partial charge < -0.3 is 4.74 Å². The lowest BCUT2D eigenvalue weighted by Crippen LogP contribution is -2.44. The van der Waals surface area contributed by atoms with Crippen LogP contribution in [0.2, 0.25) is 0 Å². The van der Waals surface area contributed by atoms with Crippen molar-refractivity contribution in [3.8, 4) is 5.75 Å². The van der Waals surface area contributed by atoms with E-state index in [0.717, 1.165) is 4.68 Å². The molecule has 0 saturated heterocycles. The Bertz CT molecular complexity index is 1010. The molecule has 9 heteroatoms. The molecule has 0 aliphatic rings. The van der Waals surface area contributed by atoms with Gasteiger partial charge in [0.15, 0.2) is 0 Å². The summed E-state index contributed by atoms with van der Waals surface area (Å²) in [6.07, 6.45) is 0. The van der Waals surface area contributed by atoms with E-state index in [1.807, 2.05) is 0 Å². The molecule has 26 heavy (non-hydrogen) atoms. The topological polar surface area (TPSA) is 115 Å². The molecule has 2 amide bonds. The van der Waals surface area contributed by atoms with Gasteiger partial charge in [-0.2, -0.15) is 0 Å². The van der Waals surface area contributed by atoms with Crippen LogP contribution in [0, 0.1) is 0 Å². The number of carbonyl (C=O) groups excluding carboxylic acids is 2. The van der Waals surface area contributed by atoms with Gasteiger partial charge in [0.1, 0.15) is 17.8 Å². The molecule has 2 aromatic carbocycles. The number of rotatable bonds is 4. The van der Waals surface area contributed by atoms with Gasteiger partial charge >= 0.3 is 0 Å². The van der Waals surface area contributed by atoms with Gasteiger partial charge in [-0.1, -0.05) is 17.3 Å². The molecule has 0 radical (unpaired) electrons. The van der Waals surface area contributed by atoms with Crippen molar-refractivity contribution in [1.82, 2.24) is 25.8 Å². The molecule has 2 N–H and O–H groups in total. The average molecular weight is 353 g/mol. The number of aromatic nitrogens is 3. The van der Waals surface area contributed by atoms with Gasteiger partial charge in [0.25, 0.3) is 17.4 Å². The minimum atomic E-state index is -0.612. The maximum atomic E-state index is 12.3. The zero-order valence-electron chi connectivity index (χ0n) is 13.8. The number of fused-ring (bicyclic) bond motifs is 1. The second-order valence-corrected chi connectivity index (χ2v) is 5.30. The van der Waals surface area contributed by atoms with Crippen molar-refractivity contribution >= 4 is 22.7 Å². The Labute approximate surface area is 147 Å². The monoisotopic (exact) mass is 353 g/mol. The minimum absolute atomic E-state index is 0.341. The third kappa shape index (κ3) is 3.66.